The third kappa shape index (κ3) is 5.17. The van der Waals surface area contributed by atoms with Gasteiger partial charge in [0.1, 0.15) is 10.7 Å². The van der Waals surface area contributed by atoms with E-state index in [9.17, 15) is 4.79 Å². The molecular formula is C21H24N2O2S. The smallest absolute Gasteiger partial charge is 0.197 e. The van der Waals surface area contributed by atoms with Gasteiger partial charge in [0.2, 0.25) is 0 Å². The van der Waals surface area contributed by atoms with Gasteiger partial charge in [0, 0.05) is 23.5 Å². The van der Waals surface area contributed by atoms with E-state index in [1.165, 1.54) is 0 Å². The van der Waals surface area contributed by atoms with Crippen molar-refractivity contribution in [3.05, 3.63) is 71.4 Å². The molecule has 136 valence electrons. The fourth-order valence-corrected chi connectivity index (χ4v) is 2.81. The number of carbonyl (C=O) groups excluding carboxylic acids is 1. The lowest BCUT2D eigenvalue weighted by atomic mass is 10.0. The molecule has 0 aromatic heterocycles. The van der Waals surface area contributed by atoms with E-state index < -0.39 is 0 Å². The first kappa shape index (κ1) is 19.7. The number of allylic oxidation sites excluding steroid dienone is 1. The van der Waals surface area contributed by atoms with Crippen LogP contribution in [0.2, 0.25) is 0 Å². The molecule has 2 aromatic rings. The number of ketones is 1. The molecule has 26 heavy (non-hydrogen) atoms. The van der Waals surface area contributed by atoms with Crippen LogP contribution in [0.4, 0.5) is 5.69 Å². The molecule has 5 heteroatoms. The van der Waals surface area contributed by atoms with Crippen LogP contribution in [-0.4, -0.2) is 24.4 Å². The zero-order valence-corrected chi connectivity index (χ0v) is 16.2. The van der Waals surface area contributed by atoms with Gasteiger partial charge in [-0.05, 0) is 37.6 Å². The summed E-state index contributed by atoms with van der Waals surface area (Å²) < 4.78 is 5.17. The van der Waals surface area contributed by atoms with Crippen LogP contribution in [0.3, 0.4) is 0 Å². The SMILES string of the molecule is CCCNC(C)=C(C(=O)c1ccccc1)C(=S)Nc1ccc(OC)cc1. The number of nitrogens with one attached hydrogen (secondary N) is 2. The maximum atomic E-state index is 13.0. The molecule has 0 aliphatic rings. The number of ether oxygens (including phenoxy) is 1. The Hall–Kier alpha value is -2.66. The highest BCUT2D eigenvalue weighted by atomic mass is 32.1. The maximum Gasteiger partial charge on any atom is 0.197 e. The predicted octanol–water partition coefficient (Wildman–Crippen LogP) is 4.59. The van der Waals surface area contributed by atoms with Crippen LogP contribution in [0, 0.1) is 0 Å². The molecular weight excluding hydrogens is 344 g/mol. The zero-order chi connectivity index (χ0) is 18.9. The van der Waals surface area contributed by atoms with Crippen LogP contribution < -0.4 is 15.4 Å². The van der Waals surface area contributed by atoms with Gasteiger partial charge in [0.25, 0.3) is 0 Å². The molecule has 4 nitrogen and oxygen atoms in total. The summed E-state index contributed by atoms with van der Waals surface area (Å²) in [5, 5.41) is 6.44. The van der Waals surface area contributed by atoms with Crippen LogP contribution in [0.15, 0.2) is 65.9 Å². The monoisotopic (exact) mass is 368 g/mol. The molecule has 0 atom stereocenters. The second kappa shape index (κ2) is 9.73. The molecule has 2 rings (SSSR count). The van der Waals surface area contributed by atoms with Gasteiger partial charge in [-0.3, -0.25) is 4.79 Å². The van der Waals surface area contributed by atoms with Gasteiger partial charge in [0.15, 0.2) is 5.78 Å². The standard InChI is InChI=1S/C21H24N2O2S/c1-4-14-22-15(2)19(20(24)16-8-6-5-7-9-16)21(26)23-17-10-12-18(25-3)13-11-17/h5-13,22H,4,14H2,1-3H3,(H,23,26). The largest absolute Gasteiger partial charge is 0.497 e. The van der Waals surface area contributed by atoms with Crippen molar-refractivity contribution in [1.82, 2.24) is 5.32 Å². The lowest BCUT2D eigenvalue weighted by molar-refractivity contribution is 0.103. The number of hydrogen-bond donors (Lipinski definition) is 2. The second-order valence-corrected chi connectivity index (χ2v) is 6.21. The number of rotatable bonds is 8. The second-order valence-electron chi connectivity index (χ2n) is 5.80. The van der Waals surface area contributed by atoms with E-state index in [4.69, 9.17) is 17.0 Å². The molecule has 0 fully saturated rings. The molecule has 0 aliphatic carbocycles. The minimum Gasteiger partial charge on any atom is -0.497 e. The van der Waals surface area contributed by atoms with Crippen LogP contribution in [0.25, 0.3) is 0 Å². The summed E-state index contributed by atoms with van der Waals surface area (Å²) >= 11 is 5.56. The van der Waals surface area contributed by atoms with E-state index in [1.54, 1.807) is 19.2 Å². The quantitative estimate of drug-likeness (QED) is 0.405. The van der Waals surface area contributed by atoms with Crippen molar-refractivity contribution in [2.24, 2.45) is 0 Å². The van der Waals surface area contributed by atoms with Crippen molar-refractivity contribution in [1.29, 1.82) is 0 Å². The number of carbonyl (C=O) groups is 1. The van der Waals surface area contributed by atoms with Crippen molar-refractivity contribution < 1.29 is 9.53 Å². The summed E-state index contributed by atoms with van der Waals surface area (Å²) in [6.45, 7) is 4.74. The predicted molar refractivity (Wildman–Crippen MR) is 111 cm³/mol. The summed E-state index contributed by atoms with van der Waals surface area (Å²) in [6, 6.07) is 16.6. The third-order valence-corrected chi connectivity index (χ3v) is 4.16. The Bertz CT molecular complexity index is 783. The molecule has 0 saturated carbocycles. The highest BCUT2D eigenvalue weighted by Crippen LogP contribution is 2.19. The molecule has 0 amide bonds. The van der Waals surface area contributed by atoms with Crippen molar-refractivity contribution in [3.8, 4) is 5.75 Å². The fourth-order valence-electron chi connectivity index (χ4n) is 2.45. The van der Waals surface area contributed by atoms with Gasteiger partial charge in [-0.2, -0.15) is 0 Å². The summed E-state index contributed by atoms with van der Waals surface area (Å²) in [4.78, 5) is 13.4. The molecule has 0 spiro atoms. The Labute approximate surface area is 160 Å². The lowest BCUT2D eigenvalue weighted by Gasteiger charge is -2.16. The zero-order valence-electron chi connectivity index (χ0n) is 15.3. The Morgan fingerprint density at radius 2 is 1.73 bits per heavy atom. The van der Waals surface area contributed by atoms with Crippen LogP contribution in [0.5, 0.6) is 5.75 Å². The number of anilines is 1. The minimum atomic E-state index is -0.0993. The van der Waals surface area contributed by atoms with Gasteiger partial charge in [-0.25, -0.2) is 0 Å². The molecule has 0 unspecified atom stereocenters. The van der Waals surface area contributed by atoms with E-state index in [2.05, 4.69) is 17.6 Å². The number of thiocarbonyl (C=S) groups is 1. The van der Waals surface area contributed by atoms with Crippen LogP contribution in [-0.2, 0) is 0 Å². The van der Waals surface area contributed by atoms with E-state index in [-0.39, 0.29) is 5.78 Å². The highest BCUT2D eigenvalue weighted by Gasteiger charge is 2.20. The first-order valence-corrected chi connectivity index (χ1v) is 8.97. The molecule has 2 aromatic carbocycles. The van der Waals surface area contributed by atoms with Crippen molar-refractivity contribution in [2.75, 3.05) is 19.0 Å². The van der Waals surface area contributed by atoms with Crippen molar-refractivity contribution >= 4 is 28.7 Å². The Morgan fingerprint density at radius 3 is 2.31 bits per heavy atom. The number of benzene rings is 2. The van der Waals surface area contributed by atoms with E-state index >= 15 is 0 Å². The first-order chi connectivity index (χ1) is 12.6. The average molecular weight is 369 g/mol. The highest BCUT2D eigenvalue weighted by molar-refractivity contribution is 7.81. The number of methoxy groups -OCH3 is 1. The normalized spacial score (nSPS) is 11.3. The van der Waals surface area contributed by atoms with Crippen LogP contribution >= 0.6 is 12.2 Å². The van der Waals surface area contributed by atoms with Gasteiger partial charge >= 0.3 is 0 Å². The minimum absolute atomic E-state index is 0.0993. The summed E-state index contributed by atoms with van der Waals surface area (Å²) in [5.41, 5.74) is 2.67. The average Bonchev–Trinajstić information content (AvgIpc) is 2.67. The molecule has 0 heterocycles. The van der Waals surface area contributed by atoms with Crippen LogP contribution in [0.1, 0.15) is 30.6 Å². The van der Waals surface area contributed by atoms with Crippen molar-refractivity contribution in [2.45, 2.75) is 20.3 Å². The Balaban J connectivity index is 2.30. The Kier molecular flexibility index (Phi) is 7.36. The fraction of sp³-hybridized carbons (Fsp3) is 0.238. The summed E-state index contributed by atoms with van der Waals surface area (Å²) in [6.07, 6.45) is 0.961. The van der Waals surface area contributed by atoms with E-state index in [0.717, 1.165) is 30.1 Å². The van der Waals surface area contributed by atoms with E-state index in [1.807, 2.05) is 49.4 Å². The molecule has 0 aliphatic heterocycles. The van der Waals surface area contributed by atoms with Gasteiger partial charge in [-0.15, -0.1) is 0 Å². The molecule has 2 N–H and O–H groups in total. The Morgan fingerprint density at radius 1 is 1.08 bits per heavy atom. The van der Waals surface area contributed by atoms with E-state index in [0.29, 0.717) is 16.1 Å². The van der Waals surface area contributed by atoms with Gasteiger partial charge in [0.05, 0.1) is 12.7 Å². The first-order valence-electron chi connectivity index (χ1n) is 8.56. The molecule has 0 saturated heterocycles. The lowest BCUT2D eigenvalue weighted by Crippen LogP contribution is -2.25. The molecule has 0 radical (unpaired) electrons. The topological polar surface area (TPSA) is 50.4 Å². The molecule has 0 bridgehead atoms. The summed E-state index contributed by atoms with van der Waals surface area (Å²) in [5.74, 6) is 0.663. The van der Waals surface area contributed by atoms with Crippen molar-refractivity contribution in [3.63, 3.8) is 0 Å². The van der Waals surface area contributed by atoms with Gasteiger partial charge in [-0.1, -0.05) is 49.5 Å². The van der Waals surface area contributed by atoms with Gasteiger partial charge < -0.3 is 15.4 Å². The number of hydrogen-bond acceptors (Lipinski definition) is 4. The maximum absolute atomic E-state index is 13.0. The summed E-state index contributed by atoms with van der Waals surface area (Å²) in [7, 11) is 1.62. The third-order valence-electron chi connectivity index (χ3n) is 3.85. The number of Topliss-reactive ketones (excluding diaryl/α,β-unsaturated/α-hetero) is 1.